The van der Waals surface area contributed by atoms with E-state index >= 15 is 0 Å². The van der Waals surface area contributed by atoms with Gasteiger partial charge in [-0.3, -0.25) is 4.79 Å². The van der Waals surface area contributed by atoms with Gasteiger partial charge in [0.25, 0.3) is 0 Å². The molecule has 1 rings (SSSR count). The zero-order valence-electron chi connectivity index (χ0n) is 6.89. The van der Waals surface area contributed by atoms with Crippen LogP contribution in [0.4, 0.5) is 0 Å². The fourth-order valence-corrected chi connectivity index (χ4v) is 1.22. The van der Waals surface area contributed by atoms with Crippen molar-refractivity contribution in [3.63, 3.8) is 0 Å². The van der Waals surface area contributed by atoms with Crippen LogP contribution >= 0.6 is 0 Å². The van der Waals surface area contributed by atoms with Gasteiger partial charge in [0.2, 0.25) is 0 Å². The lowest BCUT2D eigenvalue weighted by Crippen LogP contribution is -2.26. The van der Waals surface area contributed by atoms with E-state index in [0.717, 1.165) is 0 Å². The van der Waals surface area contributed by atoms with Crippen molar-refractivity contribution in [2.24, 2.45) is 5.92 Å². The fraction of sp³-hybridized carbons (Fsp3) is 0.667. The fourth-order valence-electron chi connectivity index (χ4n) is 1.22. The lowest BCUT2D eigenvalue weighted by atomic mass is 9.88. The molecular formula is C9H12O2. The minimum Gasteiger partial charge on any atom is -0.369 e. The summed E-state index contributed by atoms with van der Waals surface area (Å²) in [5.74, 6) is 2.52. The van der Waals surface area contributed by atoms with Crippen molar-refractivity contribution in [3.8, 4) is 12.3 Å². The summed E-state index contributed by atoms with van der Waals surface area (Å²) in [6.45, 7) is 4.16. The van der Waals surface area contributed by atoms with Crippen LogP contribution in [0.3, 0.4) is 0 Å². The summed E-state index contributed by atoms with van der Waals surface area (Å²) in [5, 5.41) is 0. The van der Waals surface area contributed by atoms with Gasteiger partial charge in [-0.1, -0.05) is 0 Å². The lowest BCUT2D eigenvalue weighted by molar-refractivity contribution is -0.122. The predicted molar refractivity (Wildman–Crippen MR) is 42.0 cm³/mol. The van der Waals surface area contributed by atoms with Gasteiger partial charge in [-0.2, -0.15) is 0 Å². The van der Waals surface area contributed by atoms with E-state index in [1.54, 1.807) is 6.92 Å². The van der Waals surface area contributed by atoms with Crippen molar-refractivity contribution in [3.05, 3.63) is 0 Å². The molecule has 2 atom stereocenters. The average molecular weight is 152 g/mol. The molecule has 0 spiro atoms. The molecule has 2 unspecified atom stereocenters. The van der Waals surface area contributed by atoms with Crippen molar-refractivity contribution in [2.75, 3.05) is 6.61 Å². The molecule has 0 saturated carbocycles. The first-order valence-electron chi connectivity index (χ1n) is 3.68. The van der Waals surface area contributed by atoms with Crippen LogP contribution in [0, 0.1) is 18.3 Å². The maximum Gasteiger partial charge on any atom is 0.136 e. The number of epoxide rings is 1. The third-order valence-corrected chi connectivity index (χ3v) is 2.15. The zero-order chi connectivity index (χ0) is 8.48. The Morgan fingerprint density at radius 1 is 1.91 bits per heavy atom. The van der Waals surface area contributed by atoms with Gasteiger partial charge in [0.1, 0.15) is 5.78 Å². The second kappa shape index (κ2) is 2.67. The second-order valence-corrected chi connectivity index (χ2v) is 3.17. The Morgan fingerprint density at radius 2 is 2.45 bits per heavy atom. The molecule has 0 amide bonds. The standard InChI is InChI=1S/C9H12O2/c1-4-5-8(7(2)10)9(3)6-11-9/h1,8H,5-6H2,2-3H3. The first-order chi connectivity index (χ1) is 5.10. The Bertz CT molecular complexity index is 208. The van der Waals surface area contributed by atoms with E-state index in [1.807, 2.05) is 6.92 Å². The smallest absolute Gasteiger partial charge is 0.136 e. The summed E-state index contributed by atoms with van der Waals surface area (Å²) < 4.78 is 5.16. The predicted octanol–water partition coefficient (Wildman–Crippen LogP) is 1.00. The molecule has 60 valence electrons. The first-order valence-corrected chi connectivity index (χ1v) is 3.68. The highest BCUT2D eigenvalue weighted by molar-refractivity contribution is 5.80. The van der Waals surface area contributed by atoms with Crippen molar-refractivity contribution < 1.29 is 9.53 Å². The van der Waals surface area contributed by atoms with Crippen molar-refractivity contribution in [2.45, 2.75) is 25.9 Å². The summed E-state index contributed by atoms with van der Waals surface area (Å²) in [7, 11) is 0. The molecule has 2 heteroatoms. The van der Waals surface area contributed by atoms with Crippen molar-refractivity contribution >= 4 is 5.78 Å². The maximum atomic E-state index is 11.0. The normalized spacial score (nSPS) is 30.6. The monoisotopic (exact) mass is 152 g/mol. The number of ether oxygens (including phenoxy) is 1. The van der Waals surface area contributed by atoms with Crippen LogP contribution < -0.4 is 0 Å². The van der Waals surface area contributed by atoms with Gasteiger partial charge < -0.3 is 4.74 Å². The molecule has 1 aliphatic rings. The molecule has 0 radical (unpaired) electrons. The number of terminal acetylenes is 1. The zero-order valence-corrected chi connectivity index (χ0v) is 6.89. The number of Topliss-reactive ketones (excluding diaryl/α,β-unsaturated/α-hetero) is 1. The summed E-state index contributed by atoms with van der Waals surface area (Å²) >= 11 is 0. The van der Waals surface area contributed by atoms with Crippen LogP contribution in [-0.2, 0) is 9.53 Å². The van der Waals surface area contributed by atoms with E-state index in [0.29, 0.717) is 13.0 Å². The molecule has 1 heterocycles. The maximum absolute atomic E-state index is 11.0. The average Bonchev–Trinajstić information content (AvgIpc) is 2.63. The second-order valence-electron chi connectivity index (χ2n) is 3.17. The molecule has 1 saturated heterocycles. The highest BCUT2D eigenvalue weighted by Crippen LogP contribution is 2.36. The van der Waals surface area contributed by atoms with Gasteiger partial charge in [0.05, 0.1) is 18.1 Å². The quantitative estimate of drug-likeness (QED) is 0.446. The van der Waals surface area contributed by atoms with Gasteiger partial charge in [0.15, 0.2) is 0 Å². The highest BCUT2D eigenvalue weighted by atomic mass is 16.6. The molecule has 11 heavy (non-hydrogen) atoms. The van der Waals surface area contributed by atoms with E-state index < -0.39 is 0 Å². The van der Waals surface area contributed by atoms with Crippen LogP contribution in [0.5, 0.6) is 0 Å². The molecule has 1 aliphatic heterocycles. The summed E-state index contributed by atoms with van der Waals surface area (Å²) in [6.07, 6.45) is 5.63. The number of carbonyl (C=O) groups excluding carboxylic acids is 1. The van der Waals surface area contributed by atoms with Crippen LogP contribution in [0.25, 0.3) is 0 Å². The lowest BCUT2D eigenvalue weighted by Gasteiger charge is -2.14. The van der Waals surface area contributed by atoms with Crippen LogP contribution in [0.15, 0.2) is 0 Å². The van der Waals surface area contributed by atoms with E-state index in [2.05, 4.69) is 5.92 Å². The van der Waals surface area contributed by atoms with E-state index in [9.17, 15) is 4.79 Å². The Balaban J connectivity index is 2.61. The van der Waals surface area contributed by atoms with Crippen LogP contribution in [-0.4, -0.2) is 18.0 Å². The van der Waals surface area contributed by atoms with Gasteiger partial charge >= 0.3 is 0 Å². The Kier molecular flexibility index (Phi) is 2.01. The highest BCUT2D eigenvalue weighted by Gasteiger charge is 2.48. The van der Waals surface area contributed by atoms with Crippen LogP contribution in [0.2, 0.25) is 0 Å². The van der Waals surface area contributed by atoms with E-state index in [1.165, 1.54) is 0 Å². The minimum atomic E-state index is -0.252. The number of ketones is 1. The summed E-state index contributed by atoms with van der Waals surface area (Å²) in [4.78, 5) is 11.0. The van der Waals surface area contributed by atoms with Gasteiger partial charge in [-0.15, -0.1) is 12.3 Å². The molecule has 0 aromatic heterocycles. The van der Waals surface area contributed by atoms with Gasteiger partial charge in [-0.25, -0.2) is 0 Å². The molecule has 1 fully saturated rings. The Labute approximate surface area is 66.9 Å². The molecule has 0 N–H and O–H groups in total. The third-order valence-electron chi connectivity index (χ3n) is 2.15. The molecule has 0 bridgehead atoms. The van der Waals surface area contributed by atoms with Crippen LogP contribution in [0.1, 0.15) is 20.3 Å². The SMILES string of the molecule is C#CCC(C(C)=O)C1(C)CO1. The van der Waals surface area contributed by atoms with E-state index in [4.69, 9.17) is 11.2 Å². The molecule has 0 aromatic rings. The number of hydrogen-bond acceptors (Lipinski definition) is 2. The number of hydrogen-bond donors (Lipinski definition) is 0. The number of rotatable bonds is 3. The minimum absolute atomic E-state index is 0.104. The van der Waals surface area contributed by atoms with Crippen molar-refractivity contribution in [1.82, 2.24) is 0 Å². The van der Waals surface area contributed by atoms with Crippen molar-refractivity contribution in [1.29, 1.82) is 0 Å². The summed E-state index contributed by atoms with van der Waals surface area (Å²) in [5.41, 5.74) is -0.252. The molecular weight excluding hydrogens is 140 g/mol. The largest absolute Gasteiger partial charge is 0.369 e. The summed E-state index contributed by atoms with van der Waals surface area (Å²) in [6, 6.07) is 0. The third kappa shape index (κ3) is 1.61. The Morgan fingerprint density at radius 3 is 2.73 bits per heavy atom. The van der Waals surface area contributed by atoms with E-state index in [-0.39, 0.29) is 17.3 Å². The van der Waals surface area contributed by atoms with Gasteiger partial charge in [0, 0.05) is 6.42 Å². The molecule has 2 nitrogen and oxygen atoms in total. The topological polar surface area (TPSA) is 29.6 Å². The first kappa shape index (κ1) is 8.29. The number of carbonyl (C=O) groups is 1. The molecule has 0 aromatic carbocycles. The van der Waals surface area contributed by atoms with Gasteiger partial charge in [-0.05, 0) is 13.8 Å². The Hall–Kier alpha value is -0.810. The molecule has 0 aliphatic carbocycles.